The third-order valence-corrected chi connectivity index (χ3v) is 5.65. The molecular formula is C28H29N3O6. The smallest absolute Gasteiger partial charge is 0.408 e. The number of ether oxygens (including phenoxy) is 2. The molecule has 3 aromatic carbocycles. The van der Waals surface area contributed by atoms with Crippen LogP contribution >= 0.6 is 0 Å². The van der Waals surface area contributed by atoms with Crippen molar-refractivity contribution in [1.82, 2.24) is 10.6 Å². The first-order valence-electron chi connectivity index (χ1n) is 11.6. The Bertz CT molecular complexity index is 1150. The molecule has 0 radical (unpaired) electrons. The largest absolute Gasteiger partial charge is 0.461 e. The Labute approximate surface area is 215 Å². The van der Waals surface area contributed by atoms with Gasteiger partial charge in [0.25, 0.3) is 0 Å². The molecule has 2 atom stereocenters. The molecular weight excluding hydrogens is 474 g/mol. The van der Waals surface area contributed by atoms with Crippen LogP contribution in [0.4, 0.5) is 4.79 Å². The van der Waals surface area contributed by atoms with E-state index in [1.165, 1.54) is 6.92 Å². The minimum Gasteiger partial charge on any atom is -0.461 e. The van der Waals surface area contributed by atoms with Crippen LogP contribution in [0.1, 0.15) is 30.0 Å². The quantitative estimate of drug-likeness (QED) is 0.344. The van der Waals surface area contributed by atoms with Crippen molar-refractivity contribution >= 4 is 23.9 Å². The summed E-state index contributed by atoms with van der Waals surface area (Å²) in [5.41, 5.74) is 5.97. The van der Waals surface area contributed by atoms with Crippen molar-refractivity contribution in [2.45, 2.75) is 38.1 Å². The van der Waals surface area contributed by atoms with Crippen molar-refractivity contribution in [3.05, 3.63) is 108 Å². The summed E-state index contributed by atoms with van der Waals surface area (Å²) in [6, 6.07) is 25.0. The molecule has 3 aromatic rings. The highest BCUT2D eigenvalue weighted by Gasteiger charge is 2.38. The number of primary amides is 1. The highest BCUT2D eigenvalue weighted by molar-refractivity contribution is 5.95. The lowest BCUT2D eigenvalue weighted by atomic mass is 9.90. The van der Waals surface area contributed by atoms with Gasteiger partial charge in [-0.1, -0.05) is 91.0 Å². The first-order valence-corrected chi connectivity index (χ1v) is 11.6. The molecule has 0 spiro atoms. The number of rotatable bonds is 11. The summed E-state index contributed by atoms with van der Waals surface area (Å²) >= 11 is 0. The molecule has 37 heavy (non-hydrogen) atoms. The Balaban J connectivity index is 1.72. The van der Waals surface area contributed by atoms with Gasteiger partial charge in [0.05, 0.1) is 6.42 Å². The van der Waals surface area contributed by atoms with Gasteiger partial charge < -0.3 is 25.8 Å². The predicted molar refractivity (Wildman–Crippen MR) is 136 cm³/mol. The second-order valence-corrected chi connectivity index (χ2v) is 8.45. The summed E-state index contributed by atoms with van der Waals surface area (Å²) in [4.78, 5) is 50.7. The molecule has 192 valence electrons. The molecule has 0 bridgehead atoms. The second kappa shape index (κ2) is 12.9. The average molecular weight is 504 g/mol. The monoisotopic (exact) mass is 503 g/mol. The zero-order chi connectivity index (χ0) is 26.7. The summed E-state index contributed by atoms with van der Waals surface area (Å²) in [6.07, 6.45) is -1.41. The maximum Gasteiger partial charge on any atom is 0.408 e. The summed E-state index contributed by atoms with van der Waals surface area (Å²) in [6.45, 7) is 1.40. The number of amides is 3. The van der Waals surface area contributed by atoms with Gasteiger partial charge in [0.2, 0.25) is 11.8 Å². The van der Waals surface area contributed by atoms with Crippen LogP contribution in [0, 0.1) is 0 Å². The van der Waals surface area contributed by atoms with Gasteiger partial charge in [-0.3, -0.25) is 14.4 Å². The molecule has 4 N–H and O–H groups in total. The molecule has 0 fully saturated rings. The van der Waals surface area contributed by atoms with Crippen molar-refractivity contribution in [2.24, 2.45) is 5.73 Å². The minimum absolute atomic E-state index is 0.00448. The van der Waals surface area contributed by atoms with Crippen molar-refractivity contribution in [3.8, 4) is 0 Å². The maximum atomic E-state index is 13.3. The molecule has 9 nitrogen and oxygen atoms in total. The number of nitrogens with one attached hydrogen (secondary N) is 2. The number of carbonyl (C=O) groups is 4. The van der Waals surface area contributed by atoms with Gasteiger partial charge in [-0.15, -0.1) is 0 Å². The molecule has 0 saturated heterocycles. The maximum absolute atomic E-state index is 13.3. The van der Waals surface area contributed by atoms with Crippen LogP contribution in [-0.4, -0.2) is 29.9 Å². The van der Waals surface area contributed by atoms with Crippen LogP contribution < -0.4 is 16.4 Å². The number of hydrogen-bond donors (Lipinski definition) is 3. The van der Waals surface area contributed by atoms with Gasteiger partial charge in [-0.05, 0) is 23.6 Å². The van der Waals surface area contributed by atoms with Crippen molar-refractivity contribution < 1.29 is 28.7 Å². The van der Waals surface area contributed by atoms with Gasteiger partial charge in [-0.25, -0.2) is 4.79 Å². The molecule has 0 saturated carbocycles. The molecule has 3 amide bonds. The summed E-state index contributed by atoms with van der Waals surface area (Å²) in [5, 5.41) is 4.98. The zero-order valence-corrected chi connectivity index (χ0v) is 20.4. The number of carbonyl (C=O) groups excluding carboxylic acids is 4. The van der Waals surface area contributed by atoms with E-state index in [0.29, 0.717) is 5.56 Å². The molecule has 3 rings (SSSR count). The predicted octanol–water partition coefficient (Wildman–Crippen LogP) is 2.93. The summed E-state index contributed by atoms with van der Waals surface area (Å²) in [7, 11) is 0. The van der Waals surface area contributed by atoms with Crippen molar-refractivity contribution in [1.29, 1.82) is 0 Å². The van der Waals surface area contributed by atoms with Crippen LogP contribution in [0.2, 0.25) is 0 Å². The summed E-state index contributed by atoms with van der Waals surface area (Å²) < 4.78 is 10.5. The minimum atomic E-state index is -1.60. The molecule has 9 heteroatoms. The molecule has 0 aromatic heterocycles. The lowest BCUT2D eigenvalue weighted by Gasteiger charge is -2.30. The highest BCUT2D eigenvalue weighted by Crippen LogP contribution is 2.20. The van der Waals surface area contributed by atoms with E-state index in [4.69, 9.17) is 15.2 Å². The standard InChI is InChI=1S/C28H29N3O6/c1-28(26(29)34,22-15-9-4-10-16-22)31-25(33)23(17-24(32)36-18-20-11-5-2-6-12-20)30-27(35)37-19-21-13-7-3-8-14-21/h2-16,23H,17-19H2,1H3,(H2,29,34)(H,30,35)(H,31,33). The van der Waals surface area contributed by atoms with Crippen molar-refractivity contribution in [3.63, 3.8) is 0 Å². The Morgan fingerprint density at radius 2 is 1.27 bits per heavy atom. The van der Waals surface area contributed by atoms with Crippen LogP contribution in [0.15, 0.2) is 91.0 Å². The van der Waals surface area contributed by atoms with E-state index in [2.05, 4.69) is 10.6 Å². The van der Waals surface area contributed by atoms with E-state index in [9.17, 15) is 19.2 Å². The van der Waals surface area contributed by atoms with Crippen LogP contribution in [0.25, 0.3) is 0 Å². The number of esters is 1. The Hall–Kier alpha value is -4.66. The summed E-state index contributed by atoms with van der Waals surface area (Å²) in [5.74, 6) is -2.35. The van der Waals surface area contributed by atoms with Crippen molar-refractivity contribution in [2.75, 3.05) is 0 Å². The van der Waals surface area contributed by atoms with E-state index in [1.807, 2.05) is 12.1 Å². The fourth-order valence-electron chi connectivity index (χ4n) is 3.46. The lowest BCUT2D eigenvalue weighted by Crippen LogP contribution is -2.58. The normalized spacial score (nSPS) is 12.9. The van der Waals surface area contributed by atoms with Gasteiger partial charge in [0, 0.05) is 0 Å². The van der Waals surface area contributed by atoms with E-state index < -0.39 is 41.9 Å². The fraction of sp³-hybridized carbons (Fsp3) is 0.214. The van der Waals surface area contributed by atoms with Gasteiger partial charge in [0.15, 0.2) is 0 Å². The second-order valence-electron chi connectivity index (χ2n) is 8.45. The van der Waals surface area contributed by atoms with Crippen LogP contribution in [0.3, 0.4) is 0 Å². The number of alkyl carbamates (subject to hydrolysis) is 1. The highest BCUT2D eigenvalue weighted by atomic mass is 16.5. The van der Waals surface area contributed by atoms with E-state index in [-0.39, 0.29) is 13.2 Å². The number of nitrogens with two attached hydrogens (primary N) is 1. The van der Waals surface area contributed by atoms with E-state index >= 15 is 0 Å². The molecule has 0 aliphatic heterocycles. The SMILES string of the molecule is CC(NC(=O)C(CC(=O)OCc1ccccc1)NC(=O)OCc1ccccc1)(C(N)=O)c1ccccc1. The third-order valence-electron chi connectivity index (χ3n) is 5.65. The zero-order valence-electron chi connectivity index (χ0n) is 20.4. The number of hydrogen-bond acceptors (Lipinski definition) is 6. The Kier molecular flexibility index (Phi) is 9.37. The van der Waals surface area contributed by atoms with Gasteiger partial charge >= 0.3 is 12.1 Å². The third kappa shape index (κ3) is 7.93. The first-order chi connectivity index (χ1) is 17.8. The lowest BCUT2D eigenvalue weighted by molar-refractivity contribution is -0.147. The Morgan fingerprint density at radius 3 is 1.78 bits per heavy atom. The average Bonchev–Trinajstić information content (AvgIpc) is 2.92. The van der Waals surface area contributed by atoms with Gasteiger partial charge in [-0.2, -0.15) is 0 Å². The topological polar surface area (TPSA) is 137 Å². The molecule has 0 aliphatic carbocycles. The number of benzene rings is 3. The Morgan fingerprint density at radius 1 is 0.784 bits per heavy atom. The fourth-order valence-corrected chi connectivity index (χ4v) is 3.46. The molecule has 0 aliphatic rings. The van der Waals surface area contributed by atoms with Crippen LogP contribution in [-0.2, 0) is 42.6 Å². The molecule has 2 unspecified atom stereocenters. The first kappa shape index (κ1) is 26.9. The van der Waals surface area contributed by atoms with E-state index in [1.54, 1.807) is 78.9 Å². The molecule has 0 heterocycles. The van der Waals surface area contributed by atoms with Crippen LogP contribution in [0.5, 0.6) is 0 Å². The van der Waals surface area contributed by atoms with E-state index in [0.717, 1.165) is 11.1 Å². The van der Waals surface area contributed by atoms with Gasteiger partial charge in [0.1, 0.15) is 24.8 Å².